The minimum atomic E-state index is -1.29. The fourth-order valence-electron chi connectivity index (χ4n) is 6.41. The van der Waals surface area contributed by atoms with Crippen molar-refractivity contribution in [2.45, 2.75) is 31.8 Å². The van der Waals surface area contributed by atoms with E-state index in [4.69, 9.17) is 19.2 Å². The number of carbonyl (C=O) groups excluding carboxylic acids is 2. The summed E-state index contributed by atoms with van der Waals surface area (Å²) in [5.41, 5.74) is 3.75. The summed E-state index contributed by atoms with van der Waals surface area (Å²) >= 11 is 0. The van der Waals surface area contributed by atoms with Crippen molar-refractivity contribution in [3.05, 3.63) is 201 Å². The highest BCUT2D eigenvalue weighted by atomic mass is 17.2. The van der Waals surface area contributed by atoms with Crippen LogP contribution in [0.2, 0.25) is 0 Å². The molecule has 0 fully saturated rings. The van der Waals surface area contributed by atoms with Gasteiger partial charge in [0.2, 0.25) is 0 Å². The molecule has 0 saturated carbocycles. The van der Waals surface area contributed by atoms with Crippen molar-refractivity contribution >= 4 is 23.9 Å². The molecular weight excluding hydrogens is 712 g/mol. The minimum Gasteiger partial charge on any atom is -0.478 e. The Labute approximate surface area is 323 Å². The predicted octanol–water partition coefficient (Wildman–Crippen LogP) is 8.47. The van der Waals surface area contributed by atoms with Gasteiger partial charge in [-0.25, -0.2) is 14.4 Å². The molecular formula is C46H38O10. The first-order valence-corrected chi connectivity index (χ1v) is 17.7. The van der Waals surface area contributed by atoms with E-state index >= 15 is 0 Å². The van der Waals surface area contributed by atoms with Crippen molar-refractivity contribution in [1.29, 1.82) is 0 Å². The van der Waals surface area contributed by atoms with Crippen molar-refractivity contribution < 1.29 is 48.6 Å². The number of carboxylic acid groups (broad SMARTS) is 2. The van der Waals surface area contributed by atoms with Crippen LogP contribution in [0.25, 0.3) is 0 Å². The van der Waals surface area contributed by atoms with Gasteiger partial charge in [-0.15, -0.1) is 0 Å². The van der Waals surface area contributed by atoms with Crippen molar-refractivity contribution in [3.63, 3.8) is 0 Å². The van der Waals surface area contributed by atoms with Crippen LogP contribution in [0.15, 0.2) is 146 Å². The van der Waals surface area contributed by atoms with Crippen LogP contribution in [0.3, 0.4) is 0 Å². The molecule has 282 valence electrons. The molecule has 0 spiro atoms. The molecule has 0 aromatic heterocycles. The van der Waals surface area contributed by atoms with Crippen LogP contribution in [0.1, 0.15) is 76.9 Å². The van der Waals surface area contributed by atoms with Crippen LogP contribution in [-0.4, -0.2) is 41.2 Å². The summed E-state index contributed by atoms with van der Waals surface area (Å²) < 4.78 is 10.8. The lowest BCUT2D eigenvalue weighted by molar-refractivity contribution is -0.217. The van der Waals surface area contributed by atoms with Crippen LogP contribution in [0, 0.1) is 0 Å². The molecule has 6 aromatic rings. The lowest BCUT2D eigenvalue weighted by atomic mass is 9.76. The lowest BCUT2D eigenvalue weighted by Gasteiger charge is -2.28. The zero-order valence-electron chi connectivity index (χ0n) is 30.6. The van der Waals surface area contributed by atoms with Gasteiger partial charge in [-0.2, -0.15) is 4.89 Å². The number of benzene rings is 6. The van der Waals surface area contributed by atoms with E-state index in [-0.39, 0.29) is 29.0 Å². The maximum atomic E-state index is 13.3. The summed E-state index contributed by atoms with van der Waals surface area (Å²) in [6, 6.07) is 42.0. The van der Waals surface area contributed by atoms with Gasteiger partial charge in [-0.05, 0) is 101 Å². The molecule has 56 heavy (non-hydrogen) atoms. The Morgan fingerprint density at radius 2 is 1.05 bits per heavy atom. The van der Waals surface area contributed by atoms with E-state index in [1.165, 1.54) is 31.4 Å². The number of rotatable bonds is 15. The maximum absolute atomic E-state index is 13.3. The molecule has 0 heterocycles. The molecule has 0 radical (unpaired) electrons. The van der Waals surface area contributed by atoms with Crippen LogP contribution >= 0.6 is 0 Å². The van der Waals surface area contributed by atoms with Crippen LogP contribution in [-0.2, 0) is 39.3 Å². The number of ether oxygens (including phenoxy) is 2. The van der Waals surface area contributed by atoms with Gasteiger partial charge in [0.15, 0.2) is 5.75 Å². The molecule has 1 unspecified atom stereocenters. The Kier molecular flexibility index (Phi) is 12.0. The van der Waals surface area contributed by atoms with Gasteiger partial charge in [-0.1, -0.05) is 103 Å². The SMILES string of the molecule is COC(=O)C(C)(c1ccc(OOCc2ccc(Cc3ccccc3)cc2C(=O)O)cc1)c1ccc(OC(=O)c2ccc(Cc3ccccc3)cc2C(=O)O)cc1. The molecule has 0 aliphatic heterocycles. The lowest BCUT2D eigenvalue weighted by Crippen LogP contribution is -2.35. The predicted molar refractivity (Wildman–Crippen MR) is 207 cm³/mol. The second kappa shape index (κ2) is 17.4. The van der Waals surface area contributed by atoms with E-state index in [9.17, 15) is 29.4 Å². The van der Waals surface area contributed by atoms with E-state index in [0.29, 0.717) is 35.3 Å². The summed E-state index contributed by atoms with van der Waals surface area (Å²) in [7, 11) is 1.28. The summed E-state index contributed by atoms with van der Waals surface area (Å²) in [5.74, 6) is -3.26. The van der Waals surface area contributed by atoms with E-state index < -0.39 is 29.3 Å². The Bertz CT molecular complexity index is 2340. The largest absolute Gasteiger partial charge is 0.478 e. The zero-order valence-corrected chi connectivity index (χ0v) is 30.6. The molecule has 0 saturated heterocycles. The molecule has 0 aliphatic carbocycles. The number of carbonyl (C=O) groups is 4. The second-order valence-corrected chi connectivity index (χ2v) is 13.2. The molecule has 0 bridgehead atoms. The third-order valence-corrected chi connectivity index (χ3v) is 9.48. The number of hydrogen-bond donors (Lipinski definition) is 2. The third kappa shape index (κ3) is 9.00. The molecule has 6 rings (SSSR count). The number of aromatic carboxylic acids is 2. The molecule has 1 atom stereocenters. The molecule has 2 N–H and O–H groups in total. The maximum Gasteiger partial charge on any atom is 0.344 e. The van der Waals surface area contributed by atoms with E-state index in [2.05, 4.69) is 0 Å². The van der Waals surface area contributed by atoms with Crippen LogP contribution in [0.4, 0.5) is 0 Å². The topological polar surface area (TPSA) is 146 Å². The van der Waals surface area contributed by atoms with E-state index in [1.807, 2.05) is 66.7 Å². The first-order chi connectivity index (χ1) is 27.0. The van der Waals surface area contributed by atoms with E-state index in [1.54, 1.807) is 61.5 Å². The minimum absolute atomic E-state index is 0.0943. The summed E-state index contributed by atoms with van der Waals surface area (Å²) in [6.07, 6.45) is 1.09. The monoisotopic (exact) mass is 750 g/mol. The molecule has 6 aromatic carbocycles. The Hall–Kier alpha value is -7.04. The fraction of sp³-hybridized carbons (Fsp3) is 0.130. The Morgan fingerprint density at radius 1 is 0.554 bits per heavy atom. The fourth-order valence-corrected chi connectivity index (χ4v) is 6.41. The molecule has 10 heteroatoms. The molecule has 10 nitrogen and oxygen atoms in total. The van der Waals surface area contributed by atoms with Gasteiger partial charge in [0.1, 0.15) is 17.8 Å². The van der Waals surface area contributed by atoms with Crippen LogP contribution < -0.4 is 9.62 Å². The highest BCUT2D eigenvalue weighted by molar-refractivity contribution is 6.03. The number of esters is 2. The third-order valence-electron chi connectivity index (χ3n) is 9.48. The standard InChI is InChI=1S/C46H38O10/c1-46(45(52)53-2,35-16-20-37(21-17-35)55-44(51)39-24-14-33(28-41(39)43(49)50)26-31-11-7-4-8-12-31)36-18-22-38(23-19-36)56-54-29-34-15-13-32(27-40(34)42(47)48)25-30-9-5-3-6-10-30/h3-24,27-28H,25-26,29H2,1-2H3,(H,47,48)(H,49,50). The van der Waals surface area contributed by atoms with Crippen molar-refractivity contribution in [2.24, 2.45) is 0 Å². The molecule has 0 aliphatic rings. The van der Waals surface area contributed by atoms with Gasteiger partial charge in [-0.3, -0.25) is 4.79 Å². The summed E-state index contributed by atoms with van der Waals surface area (Å²) in [4.78, 5) is 61.5. The Balaban J connectivity index is 1.12. The van der Waals surface area contributed by atoms with Crippen LogP contribution in [0.5, 0.6) is 11.5 Å². The zero-order chi connectivity index (χ0) is 39.7. The highest BCUT2D eigenvalue weighted by Gasteiger charge is 2.38. The number of hydrogen-bond acceptors (Lipinski definition) is 8. The first kappa shape index (κ1) is 38.7. The average molecular weight is 751 g/mol. The normalized spacial score (nSPS) is 11.9. The van der Waals surface area contributed by atoms with Gasteiger partial charge in [0.05, 0.1) is 23.8 Å². The van der Waals surface area contributed by atoms with Gasteiger partial charge < -0.3 is 24.6 Å². The average Bonchev–Trinajstić information content (AvgIpc) is 3.21. The van der Waals surface area contributed by atoms with Gasteiger partial charge in [0.25, 0.3) is 0 Å². The van der Waals surface area contributed by atoms with Crippen molar-refractivity contribution in [1.82, 2.24) is 0 Å². The van der Waals surface area contributed by atoms with E-state index in [0.717, 1.165) is 22.3 Å². The highest BCUT2D eigenvalue weighted by Crippen LogP contribution is 2.35. The van der Waals surface area contributed by atoms with Crippen molar-refractivity contribution in [2.75, 3.05) is 7.11 Å². The molecule has 0 amide bonds. The summed E-state index contributed by atoms with van der Waals surface area (Å²) in [5, 5.41) is 19.7. The Morgan fingerprint density at radius 3 is 1.57 bits per heavy atom. The quantitative estimate of drug-likeness (QED) is 0.0454. The van der Waals surface area contributed by atoms with Gasteiger partial charge >= 0.3 is 23.9 Å². The summed E-state index contributed by atoms with van der Waals surface area (Å²) in [6.45, 7) is 1.57. The number of carboxylic acids is 2. The van der Waals surface area contributed by atoms with Gasteiger partial charge in [0, 0.05) is 0 Å². The second-order valence-electron chi connectivity index (χ2n) is 13.2. The van der Waals surface area contributed by atoms with Crippen molar-refractivity contribution in [3.8, 4) is 11.5 Å². The number of methoxy groups -OCH3 is 1. The first-order valence-electron chi connectivity index (χ1n) is 17.7. The smallest absolute Gasteiger partial charge is 0.344 e.